The predicted molar refractivity (Wildman–Crippen MR) is 42.4 cm³/mol. The zero-order valence-corrected chi connectivity index (χ0v) is 7.29. The largest absolute Gasteiger partial charge is 0.453 e. The molecular weight excluding hydrogens is 160 g/mol. The number of carbonyl (C=O) groups excluding carboxylic acids is 2. The molecule has 1 N–H and O–H groups in total. The summed E-state index contributed by atoms with van der Waals surface area (Å²) in [5, 5.41) is 0. The van der Waals surface area contributed by atoms with Crippen molar-refractivity contribution in [2.75, 3.05) is 20.7 Å². The summed E-state index contributed by atoms with van der Waals surface area (Å²) in [6.45, 7) is 0.442. The first kappa shape index (κ1) is 10.7. The Balaban J connectivity index is 3.50. The van der Waals surface area contributed by atoms with Gasteiger partial charge in [0.25, 0.3) is 0 Å². The molecule has 0 aromatic heterocycles. The molecule has 0 aromatic carbocycles. The molecule has 0 saturated heterocycles. The van der Waals surface area contributed by atoms with Crippen molar-refractivity contribution in [3.63, 3.8) is 0 Å². The number of nitrogens with one attached hydrogen (secondary N) is 1. The average Bonchev–Trinajstić information content (AvgIpc) is 2.02. The maximum Gasteiger partial charge on any atom is 0.409 e. The van der Waals surface area contributed by atoms with Gasteiger partial charge in [0.05, 0.1) is 7.11 Å². The van der Waals surface area contributed by atoms with Gasteiger partial charge in [-0.15, -0.1) is 0 Å². The molecule has 0 aliphatic carbocycles. The van der Waals surface area contributed by atoms with Gasteiger partial charge in [-0.3, -0.25) is 10.5 Å². The van der Waals surface area contributed by atoms with Crippen molar-refractivity contribution in [2.24, 2.45) is 0 Å². The molecule has 5 heteroatoms. The van der Waals surface area contributed by atoms with E-state index in [0.29, 0.717) is 13.0 Å². The molecule has 0 unspecified atom stereocenters. The van der Waals surface area contributed by atoms with Crippen molar-refractivity contribution < 1.29 is 14.3 Å². The van der Waals surface area contributed by atoms with Crippen LogP contribution in [0.5, 0.6) is 0 Å². The minimum absolute atomic E-state index is 0.182. The van der Waals surface area contributed by atoms with Gasteiger partial charge in [0.1, 0.15) is 0 Å². The zero-order valence-electron chi connectivity index (χ0n) is 7.29. The molecular formula is C7H13N2O3. The number of carbonyl (C=O) groups is 2. The zero-order chi connectivity index (χ0) is 9.56. The van der Waals surface area contributed by atoms with E-state index in [4.69, 9.17) is 5.73 Å². The molecule has 1 radical (unpaired) electrons. The van der Waals surface area contributed by atoms with Gasteiger partial charge in [-0.05, 0) is 6.42 Å². The third kappa shape index (κ3) is 4.54. The number of rotatable bonds is 4. The standard InChI is InChI=1S/C7H13N2O3/c1-9(7(11)12-2)5-3-4-6(8)10/h8H,3-5H2,1-2H3. The lowest BCUT2D eigenvalue weighted by atomic mass is 10.3. The van der Waals surface area contributed by atoms with Crippen molar-refractivity contribution in [2.45, 2.75) is 12.8 Å². The van der Waals surface area contributed by atoms with Gasteiger partial charge in [-0.25, -0.2) is 4.79 Å². The second-order valence-corrected chi connectivity index (χ2v) is 2.42. The molecule has 0 spiro atoms. The van der Waals surface area contributed by atoms with Crippen LogP contribution in [-0.2, 0) is 9.53 Å². The maximum absolute atomic E-state index is 10.8. The molecule has 0 aromatic rings. The van der Waals surface area contributed by atoms with Crippen LogP contribution >= 0.6 is 0 Å². The van der Waals surface area contributed by atoms with Crippen LogP contribution in [0.4, 0.5) is 4.79 Å². The van der Waals surface area contributed by atoms with E-state index in [1.165, 1.54) is 12.0 Å². The van der Waals surface area contributed by atoms with Gasteiger partial charge in [0.15, 0.2) is 0 Å². The third-order valence-corrected chi connectivity index (χ3v) is 1.38. The fourth-order valence-corrected chi connectivity index (χ4v) is 0.724. The van der Waals surface area contributed by atoms with E-state index in [1.807, 2.05) is 0 Å². The van der Waals surface area contributed by atoms with Gasteiger partial charge in [-0.2, -0.15) is 0 Å². The van der Waals surface area contributed by atoms with Crippen LogP contribution in [0.2, 0.25) is 0 Å². The molecule has 12 heavy (non-hydrogen) atoms. The first-order chi connectivity index (χ1) is 5.57. The summed E-state index contributed by atoms with van der Waals surface area (Å²) in [6.07, 6.45) is 0.266. The lowest BCUT2D eigenvalue weighted by molar-refractivity contribution is -0.118. The third-order valence-electron chi connectivity index (χ3n) is 1.38. The van der Waals surface area contributed by atoms with Gasteiger partial charge >= 0.3 is 6.09 Å². The monoisotopic (exact) mass is 173 g/mol. The number of hydrogen-bond acceptors (Lipinski definition) is 3. The SMILES string of the molecule is COC(=O)N(C)CCCC([NH])=O. The summed E-state index contributed by atoms with van der Waals surface area (Å²) in [5.74, 6) is -0.603. The van der Waals surface area contributed by atoms with Crippen molar-refractivity contribution in [1.29, 1.82) is 0 Å². The topological polar surface area (TPSA) is 70.4 Å². The number of nitrogens with zero attached hydrogens (tertiary/aromatic N) is 1. The Bertz CT molecular complexity index is 170. The summed E-state index contributed by atoms with van der Waals surface area (Å²) in [4.78, 5) is 22.3. The van der Waals surface area contributed by atoms with Gasteiger partial charge in [0, 0.05) is 20.0 Å². The number of methoxy groups -OCH3 is 1. The Morgan fingerprint density at radius 1 is 1.50 bits per heavy atom. The highest BCUT2D eigenvalue weighted by atomic mass is 16.5. The Morgan fingerprint density at radius 2 is 2.08 bits per heavy atom. The Kier molecular flexibility index (Phi) is 4.83. The second-order valence-electron chi connectivity index (χ2n) is 2.42. The first-order valence-electron chi connectivity index (χ1n) is 3.61. The average molecular weight is 173 g/mol. The fourth-order valence-electron chi connectivity index (χ4n) is 0.724. The molecule has 0 fully saturated rings. The predicted octanol–water partition coefficient (Wildman–Crippen LogP) is 0.274. The molecule has 0 aliphatic rings. The van der Waals surface area contributed by atoms with Crippen LogP contribution in [0, 0.1) is 0 Å². The summed E-state index contributed by atoms with van der Waals surface area (Å²) < 4.78 is 4.42. The van der Waals surface area contributed by atoms with E-state index in [-0.39, 0.29) is 6.42 Å². The van der Waals surface area contributed by atoms with Crippen molar-refractivity contribution in [3.8, 4) is 0 Å². The highest BCUT2D eigenvalue weighted by molar-refractivity contribution is 5.73. The smallest absolute Gasteiger partial charge is 0.409 e. The van der Waals surface area contributed by atoms with E-state index >= 15 is 0 Å². The van der Waals surface area contributed by atoms with E-state index in [2.05, 4.69) is 4.74 Å². The van der Waals surface area contributed by atoms with Crippen LogP contribution < -0.4 is 5.73 Å². The number of amides is 2. The Labute approximate surface area is 71.5 Å². The summed E-state index contributed by atoms with van der Waals surface area (Å²) in [5.41, 5.74) is 6.60. The lowest BCUT2D eigenvalue weighted by Crippen LogP contribution is -2.27. The van der Waals surface area contributed by atoms with E-state index in [9.17, 15) is 9.59 Å². The van der Waals surface area contributed by atoms with Crippen molar-refractivity contribution >= 4 is 12.0 Å². The van der Waals surface area contributed by atoms with Gasteiger partial charge in [-0.1, -0.05) is 0 Å². The fraction of sp³-hybridized carbons (Fsp3) is 0.714. The molecule has 0 heterocycles. The van der Waals surface area contributed by atoms with Crippen LogP contribution in [0.3, 0.4) is 0 Å². The Hall–Kier alpha value is -1.26. The number of ether oxygens (including phenoxy) is 1. The van der Waals surface area contributed by atoms with Crippen molar-refractivity contribution in [1.82, 2.24) is 10.6 Å². The van der Waals surface area contributed by atoms with Crippen LogP contribution in [0.1, 0.15) is 12.8 Å². The quantitative estimate of drug-likeness (QED) is 0.612. The van der Waals surface area contributed by atoms with E-state index < -0.39 is 12.0 Å². The summed E-state index contributed by atoms with van der Waals surface area (Å²) >= 11 is 0. The van der Waals surface area contributed by atoms with Crippen LogP contribution in [-0.4, -0.2) is 37.6 Å². The van der Waals surface area contributed by atoms with Gasteiger partial charge < -0.3 is 9.64 Å². The molecule has 69 valence electrons. The summed E-state index contributed by atoms with van der Waals surface area (Å²) in [6, 6.07) is 0. The van der Waals surface area contributed by atoms with E-state index in [1.54, 1.807) is 7.05 Å². The molecule has 0 atom stereocenters. The minimum atomic E-state index is -0.603. The molecule has 2 amide bonds. The normalized spacial score (nSPS) is 9.17. The Morgan fingerprint density at radius 3 is 2.50 bits per heavy atom. The van der Waals surface area contributed by atoms with Crippen LogP contribution in [0.25, 0.3) is 0 Å². The first-order valence-corrected chi connectivity index (χ1v) is 3.61. The number of hydrogen-bond donors (Lipinski definition) is 0. The van der Waals surface area contributed by atoms with E-state index in [0.717, 1.165) is 0 Å². The lowest BCUT2D eigenvalue weighted by Gasteiger charge is -2.13. The second kappa shape index (κ2) is 5.40. The van der Waals surface area contributed by atoms with Crippen LogP contribution in [0.15, 0.2) is 0 Å². The summed E-state index contributed by atoms with van der Waals surface area (Å²) in [7, 11) is 2.88. The maximum atomic E-state index is 10.8. The molecule has 5 nitrogen and oxygen atoms in total. The molecule has 0 rings (SSSR count). The highest BCUT2D eigenvalue weighted by Crippen LogP contribution is 1.94. The molecule has 0 aliphatic heterocycles. The minimum Gasteiger partial charge on any atom is -0.453 e. The van der Waals surface area contributed by atoms with Gasteiger partial charge in [0.2, 0.25) is 5.91 Å². The molecule has 0 saturated carbocycles. The molecule has 0 bridgehead atoms. The highest BCUT2D eigenvalue weighted by Gasteiger charge is 2.07. The van der Waals surface area contributed by atoms with Crippen molar-refractivity contribution in [3.05, 3.63) is 0 Å².